The van der Waals surface area contributed by atoms with Crippen molar-refractivity contribution in [3.05, 3.63) is 12.2 Å². The minimum absolute atomic E-state index is 0.0238. The summed E-state index contributed by atoms with van der Waals surface area (Å²) >= 11 is 0. The minimum atomic E-state index is -0.0238. The van der Waals surface area contributed by atoms with Gasteiger partial charge in [-0.15, -0.1) is 0 Å². The zero-order valence-corrected chi connectivity index (χ0v) is 9.55. The summed E-state index contributed by atoms with van der Waals surface area (Å²) in [7, 11) is 1.80. The van der Waals surface area contributed by atoms with Crippen LogP contribution in [0.1, 0.15) is 26.7 Å². The molecule has 2 N–H and O–H groups in total. The number of nitrogens with two attached hydrogens (primary N) is 1. The van der Waals surface area contributed by atoms with Crippen molar-refractivity contribution in [1.29, 1.82) is 0 Å². The summed E-state index contributed by atoms with van der Waals surface area (Å²) in [6.45, 7) is 8.83. The average molecular weight is 198 g/mol. The van der Waals surface area contributed by atoms with Gasteiger partial charge in [0, 0.05) is 20.1 Å². The van der Waals surface area contributed by atoms with Gasteiger partial charge in [-0.25, -0.2) is 0 Å². The molecule has 0 saturated carbocycles. The maximum Gasteiger partial charge on any atom is 0.226 e. The van der Waals surface area contributed by atoms with Gasteiger partial charge >= 0.3 is 0 Å². The van der Waals surface area contributed by atoms with E-state index in [0.29, 0.717) is 13.1 Å². The van der Waals surface area contributed by atoms with Gasteiger partial charge in [-0.2, -0.15) is 0 Å². The van der Waals surface area contributed by atoms with E-state index >= 15 is 0 Å². The number of amides is 1. The van der Waals surface area contributed by atoms with Gasteiger partial charge in [0.25, 0.3) is 0 Å². The Balaban J connectivity index is 4.19. The zero-order chi connectivity index (χ0) is 11.1. The van der Waals surface area contributed by atoms with Crippen LogP contribution >= 0.6 is 0 Å². The van der Waals surface area contributed by atoms with Crippen LogP contribution in [0.2, 0.25) is 0 Å². The fraction of sp³-hybridized carbons (Fsp3) is 0.727. The molecular formula is C11H22N2O. The van der Waals surface area contributed by atoms with Crippen LogP contribution in [0.15, 0.2) is 12.2 Å². The predicted octanol–water partition coefficient (Wildman–Crippen LogP) is 1.40. The van der Waals surface area contributed by atoms with Gasteiger partial charge < -0.3 is 10.6 Å². The van der Waals surface area contributed by atoms with Crippen molar-refractivity contribution >= 4 is 5.91 Å². The summed E-state index contributed by atoms with van der Waals surface area (Å²) < 4.78 is 0. The quantitative estimate of drug-likeness (QED) is 0.656. The molecule has 0 rings (SSSR count). The van der Waals surface area contributed by atoms with Crippen LogP contribution in [0.5, 0.6) is 0 Å². The van der Waals surface area contributed by atoms with Crippen LogP contribution in [0.4, 0.5) is 0 Å². The molecule has 3 heteroatoms. The molecule has 0 aromatic heterocycles. The first kappa shape index (κ1) is 13.2. The summed E-state index contributed by atoms with van der Waals surface area (Å²) in [4.78, 5) is 13.5. The molecule has 1 atom stereocenters. The topological polar surface area (TPSA) is 46.3 Å². The molecule has 0 fully saturated rings. The Hall–Kier alpha value is -0.830. The maximum absolute atomic E-state index is 11.8. The second-order valence-corrected chi connectivity index (χ2v) is 3.87. The van der Waals surface area contributed by atoms with E-state index in [-0.39, 0.29) is 11.8 Å². The van der Waals surface area contributed by atoms with E-state index < -0.39 is 0 Å². The van der Waals surface area contributed by atoms with Crippen molar-refractivity contribution in [3.8, 4) is 0 Å². The van der Waals surface area contributed by atoms with Gasteiger partial charge in [-0.05, 0) is 13.3 Å². The summed E-state index contributed by atoms with van der Waals surface area (Å²) in [6, 6.07) is 0. The Bertz CT molecular complexity index is 201. The first-order chi connectivity index (χ1) is 6.52. The number of rotatable bonds is 6. The predicted molar refractivity (Wildman–Crippen MR) is 59.9 cm³/mol. The molecular weight excluding hydrogens is 176 g/mol. The number of hydrogen-bond donors (Lipinski definition) is 1. The SMILES string of the molecule is C=C(C)CN(C)C(=O)C(CN)CCC. The van der Waals surface area contributed by atoms with E-state index in [1.54, 1.807) is 11.9 Å². The van der Waals surface area contributed by atoms with Gasteiger partial charge in [0.05, 0.1) is 5.92 Å². The molecule has 0 heterocycles. The molecule has 14 heavy (non-hydrogen) atoms. The Kier molecular flexibility index (Phi) is 6.21. The van der Waals surface area contributed by atoms with Gasteiger partial charge in [-0.1, -0.05) is 25.5 Å². The van der Waals surface area contributed by atoms with Gasteiger partial charge in [-0.3, -0.25) is 4.79 Å². The van der Waals surface area contributed by atoms with Crippen molar-refractivity contribution in [3.63, 3.8) is 0 Å². The van der Waals surface area contributed by atoms with E-state index in [0.717, 1.165) is 18.4 Å². The molecule has 0 radical (unpaired) electrons. The monoisotopic (exact) mass is 198 g/mol. The molecule has 1 amide bonds. The van der Waals surface area contributed by atoms with Crippen LogP contribution in [0, 0.1) is 5.92 Å². The fourth-order valence-corrected chi connectivity index (χ4v) is 1.49. The van der Waals surface area contributed by atoms with Crippen molar-refractivity contribution in [2.75, 3.05) is 20.1 Å². The van der Waals surface area contributed by atoms with Crippen LogP contribution in [-0.2, 0) is 4.79 Å². The van der Waals surface area contributed by atoms with Crippen LogP contribution in [0.25, 0.3) is 0 Å². The fourth-order valence-electron chi connectivity index (χ4n) is 1.49. The van der Waals surface area contributed by atoms with Gasteiger partial charge in [0.1, 0.15) is 0 Å². The van der Waals surface area contributed by atoms with Crippen molar-refractivity contribution < 1.29 is 4.79 Å². The Morgan fingerprint density at radius 3 is 2.50 bits per heavy atom. The lowest BCUT2D eigenvalue weighted by molar-refractivity contribution is -0.133. The summed E-state index contributed by atoms with van der Waals surface area (Å²) in [5.74, 6) is 0.113. The lowest BCUT2D eigenvalue weighted by atomic mass is 10.0. The van der Waals surface area contributed by atoms with Gasteiger partial charge in [0.2, 0.25) is 5.91 Å². The average Bonchev–Trinajstić information content (AvgIpc) is 2.12. The summed E-state index contributed by atoms with van der Waals surface area (Å²) in [5.41, 5.74) is 6.55. The molecule has 0 saturated heterocycles. The molecule has 0 aromatic carbocycles. The highest BCUT2D eigenvalue weighted by atomic mass is 16.2. The third-order valence-electron chi connectivity index (χ3n) is 2.15. The minimum Gasteiger partial charge on any atom is -0.342 e. The Morgan fingerprint density at radius 1 is 1.57 bits per heavy atom. The third kappa shape index (κ3) is 4.42. The highest BCUT2D eigenvalue weighted by Crippen LogP contribution is 2.08. The first-order valence-corrected chi connectivity index (χ1v) is 5.12. The number of nitrogens with zero attached hydrogens (tertiary/aromatic N) is 1. The van der Waals surface area contributed by atoms with Gasteiger partial charge in [0.15, 0.2) is 0 Å². The van der Waals surface area contributed by atoms with E-state index in [2.05, 4.69) is 13.5 Å². The van der Waals surface area contributed by atoms with E-state index in [9.17, 15) is 4.79 Å². The molecule has 82 valence electrons. The maximum atomic E-state index is 11.8. The lowest BCUT2D eigenvalue weighted by Crippen LogP contribution is -2.37. The van der Waals surface area contributed by atoms with Crippen molar-refractivity contribution in [2.45, 2.75) is 26.7 Å². The third-order valence-corrected chi connectivity index (χ3v) is 2.15. The molecule has 0 spiro atoms. The Morgan fingerprint density at radius 2 is 2.14 bits per heavy atom. The zero-order valence-electron chi connectivity index (χ0n) is 9.55. The van der Waals surface area contributed by atoms with Crippen LogP contribution in [0.3, 0.4) is 0 Å². The first-order valence-electron chi connectivity index (χ1n) is 5.12. The normalized spacial score (nSPS) is 12.3. The molecule has 0 bridgehead atoms. The molecule has 0 aliphatic carbocycles. The smallest absolute Gasteiger partial charge is 0.226 e. The standard InChI is InChI=1S/C11H22N2O/c1-5-6-10(7-12)11(14)13(4)8-9(2)3/h10H,2,5-8,12H2,1,3-4H3. The highest BCUT2D eigenvalue weighted by Gasteiger charge is 2.19. The van der Waals surface area contributed by atoms with Crippen LogP contribution < -0.4 is 5.73 Å². The summed E-state index contributed by atoms with van der Waals surface area (Å²) in [5, 5.41) is 0. The lowest BCUT2D eigenvalue weighted by Gasteiger charge is -2.22. The van der Waals surface area contributed by atoms with Crippen molar-refractivity contribution in [2.24, 2.45) is 11.7 Å². The largest absolute Gasteiger partial charge is 0.342 e. The molecule has 3 nitrogen and oxygen atoms in total. The van der Waals surface area contributed by atoms with E-state index in [4.69, 9.17) is 5.73 Å². The molecule has 0 aromatic rings. The van der Waals surface area contributed by atoms with Crippen molar-refractivity contribution in [1.82, 2.24) is 4.90 Å². The molecule has 0 aliphatic rings. The van der Waals surface area contributed by atoms with E-state index in [1.165, 1.54) is 0 Å². The van der Waals surface area contributed by atoms with E-state index in [1.807, 2.05) is 6.92 Å². The number of likely N-dealkylation sites (N-methyl/N-ethyl adjacent to an activating group) is 1. The molecule has 1 unspecified atom stereocenters. The van der Waals surface area contributed by atoms with Crippen LogP contribution in [-0.4, -0.2) is 30.9 Å². The summed E-state index contributed by atoms with van der Waals surface area (Å²) in [6.07, 6.45) is 1.87. The number of carbonyl (C=O) groups is 1. The highest BCUT2D eigenvalue weighted by molar-refractivity contribution is 5.79. The molecule has 0 aliphatic heterocycles. The Labute approximate surface area is 87.0 Å². The number of carbonyl (C=O) groups excluding carboxylic acids is 1. The second kappa shape index (κ2) is 6.60. The second-order valence-electron chi connectivity index (χ2n) is 3.87. The number of hydrogen-bond acceptors (Lipinski definition) is 2.